The zero-order valence-electron chi connectivity index (χ0n) is 12.2. The molecule has 110 valence electrons. The van der Waals surface area contributed by atoms with Crippen molar-refractivity contribution in [2.24, 2.45) is 0 Å². The van der Waals surface area contributed by atoms with E-state index in [2.05, 4.69) is 36.6 Å². The number of hydrogen-bond acceptors (Lipinski definition) is 2. The summed E-state index contributed by atoms with van der Waals surface area (Å²) in [5.41, 5.74) is 5.19. The maximum atomic E-state index is 11.0. The molecule has 0 fully saturated rings. The molecule has 0 saturated heterocycles. The molecule has 3 rings (SSSR count). The van der Waals surface area contributed by atoms with Crippen molar-refractivity contribution in [3.8, 4) is 0 Å². The Morgan fingerprint density at radius 2 is 1.77 bits per heavy atom. The molecule has 0 heterocycles. The van der Waals surface area contributed by atoms with Crippen molar-refractivity contribution in [3.63, 3.8) is 0 Å². The van der Waals surface area contributed by atoms with E-state index in [9.17, 15) is 4.79 Å². The number of hydrogen-bond donors (Lipinski definition) is 1. The van der Waals surface area contributed by atoms with Crippen molar-refractivity contribution in [2.75, 3.05) is 6.26 Å². The summed E-state index contributed by atoms with van der Waals surface area (Å²) in [6, 6.07) is 16.3. The molecule has 0 amide bonds. The van der Waals surface area contributed by atoms with Crippen LogP contribution in [0.3, 0.4) is 0 Å². The van der Waals surface area contributed by atoms with Crippen LogP contribution in [0.4, 0.5) is 0 Å². The Balaban J connectivity index is 2.00. The Hall–Kier alpha value is -2.26. The SMILES string of the molecule is CSc1ccc(C=C2C=C(CC(=O)O)c3ccccc32)cc1. The molecule has 1 aliphatic rings. The molecule has 0 atom stereocenters. The average molecular weight is 308 g/mol. The molecule has 0 bridgehead atoms. The molecule has 2 nitrogen and oxygen atoms in total. The summed E-state index contributed by atoms with van der Waals surface area (Å²) in [5, 5.41) is 9.07. The van der Waals surface area contributed by atoms with Gasteiger partial charge in [0, 0.05) is 4.90 Å². The first-order valence-electron chi connectivity index (χ1n) is 7.05. The van der Waals surface area contributed by atoms with Gasteiger partial charge in [0.2, 0.25) is 0 Å². The van der Waals surface area contributed by atoms with Gasteiger partial charge in [-0.05, 0) is 58.4 Å². The molecule has 0 aliphatic heterocycles. The topological polar surface area (TPSA) is 37.3 Å². The van der Waals surface area contributed by atoms with E-state index >= 15 is 0 Å². The van der Waals surface area contributed by atoms with Crippen molar-refractivity contribution in [2.45, 2.75) is 11.3 Å². The Morgan fingerprint density at radius 3 is 2.41 bits per heavy atom. The smallest absolute Gasteiger partial charge is 0.307 e. The molecule has 0 saturated carbocycles. The number of fused-ring (bicyclic) bond motifs is 1. The van der Waals surface area contributed by atoms with Gasteiger partial charge < -0.3 is 5.11 Å². The van der Waals surface area contributed by atoms with Crippen molar-refractivity contribution in [3.05, 3.63) is 71.3 Å². The van der Waals surface area contributed by atoms with E-state index in [0.717, 1.165) is 27.8 Å². The lowest BCUT2D eigenvalue weighted by molar-refractivity contribution is -0.135. The van der Waals surface area contributed by atoms with Gasteiger partial charge in [-0.3, -0.25) is 4.79 Å². The predicted molar refractivity (Wildman–Crippen MR) is 92.8 cm³/mol. The van der Waals surface area contributed by atoms with E-state index < -0.39 is 5.97 Å². The minimum absolute atomic E-state index is 0.0553. The standard InChI is InChI=1S/C19H16O2S/c1-22-16-8-6-13(7-9-16)10-14-11-15(12-19(20)21)18-5-3-2-4-17(14)18/h2-11H,12H2,1H3,(H,20,21). The zero-order valence-corrected chi connectivity index (χ0v) is 13.1. The summed E-state index contributed by atoms with van der Waals surface area (Å²) >= 11 is 1.72. The van der Waals surface area contributed by atoms with Crippen LogP contribution in [0, 0.1) is 0 Å². The van der Waals surface area contributed by atoms with Gasteiger partial charge in [-0.1, -0.05) is 36.4 Å². The Kier molecular flexibility index (Phi) is 4.16. The van der Waals surface area contributed by atoms with E-state index in [0.29, 0.717) is 0 Å². The third kappa shape index (κ3) is 3.00. The van der Waals surface area contributed by atoms with Crippen LogP contribution >= 0.6 is 11.8 Å². The van der Waals surface area contributed by atoms with Crippen molar-refractivity contribution < 1.29 is 9.90 Å². The normalized spacial score (nSPS) is 14.8. The lowest BCUT2D eigenvalue weighted by Crippen LogP contribution is -1.95. The molecular formula is C19H16O2S. The fourth-order valence-corrected chi connectivity index (χ4v) is 3.07. The van der Waals surface area contributed by atoms with Gasteiger partial charge in [0.05, 0.1) is 6.42 Å². The second-order valence-electron chi connectivity index (χ2n) is 5.16. The van der Waals surface area contributed by atoms with Crippen LogP contribution in [0.15, 0.2) is 59.5 Å². The van der Waals surface area contributed by atoms with Crippen LogP contribution in [0.1, 0.15) is 23.1 Å². The molecule has 1 N–H and O–H groups in total. The van der Waals surface area contributed by atoms with Gasteiger partial charge in [-0.15, -0.1) is 11.8 Å². The van der Waals surface area contributed by atoms with Gasteiger partial charge >= 0.3 is 5.97 Å². The first-order valence-corrected chi connectivity index (χ1v) is 8.28. The van der Waals surface area contributed by atoms with Crippen LogP contribution in [-0.4, -0.2) is 17.3 Å². The van der Waals surface area contributed by atoms with Gasteiger partial charge in [0.1, 0.15) is 0 Å². The predicted octanol–water partition coefficient (Wildman–Crippen LogP) is 4.82. The van der Waals surface area contributed by atoms with Crippen LogP contribution in [0.25, 0.3) is 17.2 Å². The quantitative estimate of drug-likeness (QED) is 0.823. The molecule has 2 aromatic carbocycles. The maximum Gasteiger partial charge on any atom is 0.307 e. The molecule has 22 heavy (non-hydrogen) atoms. The summed E-state index contributed by atoms with van der Waals surface area (Å²) in [5.74, 6) is -0.799. The number of rotatable bonds is 4. The third-order valence-electron chi connectivity index (χ3n) is 3.69. The van der Waals surface area contributed by atoms with E-state index in [4.69, 9.17) is 5.11 Å². The van der Waals surface area contributed by atoms with Crippen LogP contribution < -0.4 is 0 Å². The summed E-state index contributed by atoms with van der Waals surface area (Å²) < 4.78 is 0. The van der Waals surface area contributed by atoms with Crippen LogP contribution in [0.5, 0.6) is 0 Å². The second-order valence-corrected chi connectivity index (χ2v) is 6.04. The van der Waals surface area contributed by atoms with Gasteiger partial charge in [0.25, 0.3) is 0 Å². The Bertz CT molecular complexity index is 770. The Morgan fingerprint density at radius 1 is 1.09 bits per heavy atom. The molecule has 0 aromatic heterocycles. The van der Waals surface area contributed by atoms with Gasteiger partial charge in [0.15, 0.2) is 0 Å². The molecule has 0 unspecified atom stereocenters. The highest BCUT2D eigenvalue weighted by Gasteiger charge is 2.19. The number of allylic oxidation sites excluding steroid dienone is 2. The number of carboxylic acid groups (broad SMARTS) is 1. The molecular weight excluding hydrogens is 292 g/mol. The van der Waals surface area contributed by atoms with E-state index in [1.54, 1.807) is 11.8 Å². The molecule has 0 spiro atoms. The summed E-state index contributed by atoms with van der Waals surface area (Å²) in [6.45, 7) is 0. The fraction of sp³-hybridized carbons (Fsp3) is 0.105. The minimum Gasteiger partial charge on any atom is -0.481 e. The average Bonchev–Trinajstić information content (AvgIpc) is 2.86. The maximum absolute atomic E-state index is 11.0. The highest BCUT2D eigenvalue weighted by Crippen LogP contribution is 2.37. The second kappa shape index (κ2) is 6.24. The molecule has 3 heteroatoms. The number of carbonyl (C=O) groups is 1. The van der Waals surface area contributed by atoms with Crippen molar-refractivity contribution >= 4 is 35.0 Å². The highest BCUT2D eigenvalue weighted by molar-refractivity contribution is 7.98. The van der Waals surface area contributed by atoms with E-state index in [1.807, 2.05) is 30.3 Å². The monoisotopic (exact) mass is 308 g/mol. The van der Waals surface area contributed by atoms with Gasteiger partial charge in [-0.25, -0.2) is 0 Å². The summed E-state index contributed by atoms with van der Waals surface area (Å²) in [7, 11) is 0. The number of benzene rings is 2. The zero-order chi connectivity index (χ0) is 15.5. The minimum atomic E-state index is -0.799. The van der Waals surface area contributed by atoms with Crippen LogP contribution in [-0.2, 0) is 4.79 Å². The van der Waals surface area contributed by atoms with Gasteiger partial charge in [-0.2, -0.15) is 0 Å². The largest absolute Gasteiger partial charge is 0.481 e. The van der Waals surface area contributed by atoms with Crippen molar-refractivity contribution in [1.29, 1.82) is 0 Å². The molecule has 1 aliphatic carbocycles. The lowest BCUT2D eigenvalue weighted by atomic mass is 10.0. The fourth-order valence-electron chi connectivity index (χ4n) is 2.67. The Labute approximate surface area is 134 Å². The van der Waals surface area contributed by atoms with E-state index in [-0.39, 0.29) is 6.42 Å². The number of aliphatic carboxylic acids is 1. The highest BCUT2D eigenvalue weighted by atomic mass is 32.2. The number of thioether (sulfide) groups is 1. The van der Waals surface area contributed by atoms with Crippen molar-refractivity contribution in [1.82, 2.24) is 0 Å². The summed E-state index contributed by atoms with van der Waals surface area (Å²) in [6.07, 6.45) is 6.21. The third-order valence-corrected chi connectivity index (χ3v) is 4.44. The first-order chi connectivity index (χ1) is 10.7. The molecule has 0 radical (unpaired) electrons. The summed E-state index contributed by atoms with van der Waals surface area (Å²) in [4.78, 5) is 12.3. The van der Waals surface area contributed by atoms with E-state index in [1.165, 1.54) is 4.90 Å². The first kappa shape index (κ1) is 14.7. The lowest BCUT2D eigenvalue weighted by Gasteiger charge is -2.03. The van der Waals surface area contributed by atoms with Crippen LogP contribution in [0.2, 0.25) is 0 Å². The number of carboxylic acids is 1. The molecule has 2 aromatic rings.